The van der Waals surface area contributed by atoms with Crippen LogP contribution in [-0.4, -0.2) is 18.0 Å². The van der Waals surface area contributed by atoms with Crippen LogP contribution in [0.3, 0.4) is 0 Å². The molecule has 0 saturated heterocycles. The van der Waals surface area contributed by atoms with E-state index in [1.165, 1.54) is 12.8 Å². The summed E-state index contributed by atoms with van der Waals surface area (Å²) in [4.78, 5) is 0. The van der Waals surface area contributed by atoms with Gasteiger partial charge in [0.15, 0.2) is 0 Å². The number of ether oxygens (including phenoxy) is 1. The molecule has 0 spiro atoms. The summed E-state index contributed by atoms with van der Waals surface area (Å²) >= 11 is 3.59. The molecule has 0 bridgehead atoms. The van der Waals surface area contributed by atoms with Gasteiger partial charge in [0.05, 0.1) is 6.10 Å². The molecule has 2 atom stereocenters. The average Bonchev–Trinajstić information content (AvgIpc) is 2.62. The Morgan fingerprint density at radius 1 is 1.58 bits per heavy atom. The van der Waals surface area contributed by atoms with E-state index < -0.39 is 0 Å². The highest BCUT2D eigenvalue weighted by Gasteiger charge is 2.49. The Morgan fingerprint density at radius 3 is 2.50 bits per heavy atom. The van der Waals surface area contributed by atoms with Gasteiger partial charge < -0.3 is 4.74 Å². The van der Waals surface area contributed by atoms with E-state index in [-0.39, 0.29) is 0 Å². The van der Waals surface area contributed by atoms with Crippen LogP contribution in [0.25, 0.3) is 0 Å². The molecule has 1 aliphatic rings. The SMILES string of the molecule is CC(C)OCCC1(CBr)CC1C. The van der Waals surface area contributed by atoms with Crippen molar-refractivity contribution in [3.8, 4) is 0 Å². The van der Waals surface area contributed by atoms with Gasteiger partial charge in [0.25, 0.3) is 0 Å². The minimum Gasteiger partial charge on any atom is -0.379 e. The highest BCUT2D eigenvalue weighted by Crippen LogP contribution is 2.55. The summed E-state index contributed by atoms with van der Waals surface area (Å²) in [7, 11) is 0. The highest BCUT2D eigenvalue weighted by molar-refractivity contribution is 9.09. The molecule has 1 fully saturated rings. The fourth-order valence-corrected chi connectivity index (χ4v) is 2.71. The first-order valence-electron chi connectivity index (χ1n) is 4.78. The standard InChI is InChI=1S/C10H19BrO/c1-8(2)12-5-4-10(7-11)6-9(10)3/h8-9H,4-7H2,1-3H3. The van der Waals surface area contributed by atoms with Gasteiger partial charge >= 0.3 is 0 Å². The predicted octanol–water partition coefficient (Wildman–Crippen LogP) is 3.22. The minimum atomic E-state index is 0.381. The summed E-state index contributed by atoms with van der Waals surface area (Å²) in [6.07, 6.45) is 2.98. The van der Waals surface area contributed by atoms with Crippen molar-refractivity contribution in [2.75, 3.05) is 11.9 Å². The second kappa shape index (κ2) is 4.10. The molecule has 0 heterocycles. The molecule has 0 aliphatic heterocycles. The molecular weight excluding hydrogens is 216 g/mol. The normalized spacial score (nSPS) is 34.2. The van der Waals surface area contributed by atoms with Gasteiger partial charge in [-0.05, 0) is 38.0 Å². The van der Waals surface area contributed by atoms with Crippen molar-refractivity contribution in [2.24, 2.45) is 11.3 Å². The van der Waals surface area contributed by atoms with Gasteiger partial charge in [-0.3, -0.25) is 0 Å². The molecule has 12 heavy (non-hydrogen) atoms. The third-order valence-corrected chi connectivity index (χ3v) is 4.03. The number of halogens is 1. The summed E-state index contributed by atoms with van der Waals surface area (Å²) in [5.74, 6) is 0.896. The van der Waals surface area contributed by atoms with Crippen molar-refractivity contribution < 1.29 is 4.74 Å². The van der Waals surface area contributed by atoms with Crippen LogP contribution in [0.2, 0.25) is 0 Å². The summed E-state index contributed by atoms with van der Waals surface area (Å²) < 4.78 is 5.55. The number of alkyl halides is 1. The zero-order valence-corrected chi connectivity index (χ0v) is 9.86. The number of hydrogen-bond donors (Lipinski definition) is 0. The topological polar surface area (TPSA) is 9.23 Å². The van der Waals surface area contributed by atoms with Gasteiger partial charge in [-0.15, -0.1) is 0 Å². The van der Waals surface area contributed by atoms with E-state index in [0.29, 0.717) is 11.5 Å². The van der Waals surface area contributed by atoms with E-state index >= 15 is 0 Å². The Balaban J connectivity index is 2.14. The van der Waals surface area contributed by atoms with Gasteiger partial charge in [0.1, 0.15) is 0 Å². The van der Waals surface area contributed by atoms with Crippen LogP contribution >= 0.6 is 15.9 Å². The molecule has 1 nitrogen and oxygen atoms in total. The molecule has 2 heteroatoms. The van der Waals surface area contributed by atoms with Crippen molar-refractivity contribution in [2.45, 2.75) is 39.7 Å². The van der Waals surface area contributed by atoms with Crippen LogP contribution in [0.4, 0.5) is 0 Å². The maximum Gasteiger partial charge on any atom is 0.0518 e. The summed E-state index contributed by atoms with van der Waals surface area (Å²) in [6, 6.07) is 0. The van der Waals surface area contributed by atoms with Crippen molar-refractivity contribution in [1.29, 1.82) is 0 Å². The van der Waals surface area contributed by atoms with E-state index in [1.54, 1.807) is 0 Å². The third kappa shape index (κ3) is 2.46. The van der Waals surface area contributed by atoms with Crippen LogP contribution in [0.1, 0.15) is 33.6 Å². The van der Waals surface area contributed by atoms with Gasteiger partial charge in [-0.2, -0.15) is 0 Å². The van der Waals surface area contributed by atoms with Crippen molar-refractivity contribution >= 4 is 15.9 Å². The van der Waals surface area contributed by atoms with Crippen LogP contribution in [0, 0.1) is 11.3 Å². The molecule has 0 N–H and O–H groups in total. The van der Waals surface area contributed by atoms with Gasteiger partial charge in [0.2, 0.25) is 0 Å². The number of hydrogen-bond acceptors (Lipinski definition) is 1. The van der Waals surface area contributed by atoms with Gasteiger partial charge in [-0.25, -0.2) is 0 Å². The Morgan fingerprint density at radius 2 is 2.17 bits per heavy atom. The Bertz CT molecular complexity index is 143. The maximum absolute atomic E-state index is 5.55. The van der Waals surface area contributed by atoms with E-state index in [0.717, 1.165) is 17.9 Å². The van der Waals surface area contributed by atoms with Gasteiger partial charge in [-0.1, -0.05) is 22.9 Å². The molecule has 72 valence electrons. The quantitative estimate of drug-likeness (QED) is 0.665. The molecule has 0 aromatic heterocycles. The summed E-state index contributed by atoms with van der Waals surface area (Å²) in [5, 5.41) is 1.14. The monoisotopic (exact) mass is 234 g/mol. The van der Waals surface area contributed by atoms with Crippen molar-refractivity contribution in [3.05, 3.63) is 0 Å². The first-order valence-corrected chi connectivity index (χ1v) is 5.90. The summed E-state index contributed by atoms with van der Waals surface area (Å²) in [6.45, 7) is 7.44. The lowest BCUT2D eigenvalue weighted by molar-refractivity contribution is 0.0668. The maximum atomic E-state index is 5.55. The lowest BCUT2D eigenvalue weighted by Gasteiger charge is -2.14. The Kier molecular flexibility index (Phi) is 3.59. The average molecular weight is 235 g/mol. The molecule has 0 amide bonds. The Hall–Kier alpha value is 0.440. The lowest BCUT2D eigenvalue weighted by atomic mass is 10.0. The van der Waals surface area contributed by atoms with E-state index in [9.17, 15) is 0 Å². The largest absolute Gasteiger partial charge is 0.379 e. The van der Waals surface area contributed by atoms with Gasteiger partial charge in [0, 0.05) is 11.9 Å². The smallest absolute Gasteiger partial charge is 0.0518 e. The highest BCUT2D eigenvalue weighted by atomic mass is 79.9. The zero-order valence-electron chi connectivity index (χ0n) is 8.27. The lowest BCUT2D eigenvalue weighted by Crippen LogP contribution is -2.12. The molecule has 1 rings (SSSR count). The van der Waals surface area contributed by atoms with E-state index in [2.05, 4.69) is 36.7 Å². The van der Waals surface area contributed by atoms with Crippen LogP contribution in [0.15, 0.2) is 0 Å². The van der Waals surface area contributed by atoms with E-state index in [1.807, 2.05) is 0 Å². The number of rotatable bonds is 5. The summed E-state index contributed by atoms with van der Waals surface area (Å²) in [5.41, 5.74) is 0.578. The van der Waals surface area contributed by atoms with E-state index in [4.69, 9.17) is 4.74 Å². The van der Waals surface area contributed by atoms with Crippen LogP contribution in [-0.2, 0) is 4.74 Å². The Labute approximate surface area is 84.0 Å². The predicted molar refractivity (Wildman–Crippen MR) is 55.7 cm³/mol. The molecule has 1 aliphatic carbocycles. The molecule has 0 radical (unpaired) electrons. The van der Waals surface area contributed by atoms with Crippen molar-refractivity contribution in [3.63, 3.8) is 0 Å². The fraction of sp³-hybridized carbons (Fsp3) is 1.00. The molecule has 1 saturated carbocycles. The molecular formula is C10H19BrO. The zero-order chi connectivity index (χ0) is 9.19. The third-order valence-electron chi connectivity index (χ3n) is 2.92. The minimum absolute atomic E-state index is 0.381. The second-order valence-electron chi connectivity index (χ2n) is 4.27. The first-order chi connectivity index (χ1) is 5.60. The van der Waals surface area contributed by atoms with Crippen LogP contribution in [0.5, 0.6) is 0 Å². The second-order valence-corrected chi connectivity index (χ2v) is 4.83. The van der Waals surface area contributed by atoms with Crippen LogP contribution < -0.4 is 0 Å². The molecule has 0 aromatic rings. The molecule has 2 unspecified atom stereocenters. The molecule has 0 aromatic carbocycles. The fourth-order valence-electron chi connectivity index (χ4n) is 1.65. The first kappa shape index (κ1) is 10.5. The van der Waals surface area contributed by atoms with Crippen molar-refractivity contribution in [1.82, 2.24) is 0 Å².